The molecule has 2 rings (SSSR count). The number of fused-ring (bicyclic) bond motifs is 1. The molecule has 0 spiro atoms. The van der Waals surface area contributed by atoms with Crippen molar-refractivity contribution < 1.29 is 4.39 Å². The number of hydrogen-bond acceptors (Lipinski definition) is 1. The van der Waals surface area contributed by atoms with E-state index in [1.807, 2.05) is 25.1 Å². The first-order valence-corrected chi connectivity index (χ1v) is 3.79. The maximum Gasteiger partial charge on any atom is 0.220 e. The van der Waals surface area contributed by atoms with Crippen LogP contribution in [-0.2, 0) is 0 Å². The Labute approximate surface area is 69.9 Å². The minimum atomic E-state index is -0.392. The summed E-state index contributed by atoms with van der Waals surface area (Å²) in [7, 11) is 0. The first-order chi connectivity index (χ1) is 5.79. The van der Waals surface area contributed by atoms with Crippen LogP contribution in [0.25, 0.3) is 10.8 Å². The van der Waals surface area contributed by atoms with Gasteiger partial charge in [0.15, 0.2) is 0 Å². The Morgan fingerprint density at radius 1 is 1.17 bits per heavy atom. The first-order valence-electron chi connectivity index (χ1n) is 3.79. The van der Waals surface area contributed by atoms with E-state index < -0.39 is 5.95 Å². The average molecular weight is 161 g/mol. The second-order valence-corrected chi connectivity index (χ2v) is 2.78. The molecule has 0 atom stereocenters. The minimum Gasteiger partial charge on any atom is -0.227 e. The van der Waals surface area contributed by atoms with Crippen LogP contribution >= 0.6 is 0 Å². The molecule has 0 bridgehead atoms. The van der Waals surface area contributed by atoms with Crippen molar-refractivity contribution in [3.05, 3.63) is 42.0 Å². The van der Waals surface area contributed by atoms with Crippen LogP contribution in [0.15, 0.2) is 30.5 Å². The van der Waals surface area contributed by atoms with E-state index in [4.69, 9.17) is 0 Å². The summed E-state index contributed by atoms with van der Waals surface area (Å²) in [5.74, 6) is -0.392. The molecule has 1 nitrogen and oxygen atoms in total. The van der Waals surface area contributed by atoms with Gasteiger partial charge in [0.05, 0.1) is 0 Å². The van der Waals surface area contributed by atoms with Crippen LogP contribution in [0.3, 0.4) is 0 Å². The zero-order valence-electron chi connectivity index (χ0n) is 6.71. The van der Waals surface area contributed by atoms with Gasteiger partial charge in [0.25, 0.3) is 0 Å². The Morgan fingerprint density at radius 3 is 2.50 bits per heavy atom. The van der Waals surface area contributed by atoms with E-state index in [0.717, 1.165) is 10.9 Å². The van der Waals surface area contributed by atoms with E-state index >= 15 is 0 Å². The fourth-order valence-corrected chi connectivity index (χ4v) is 1.30. The molecule has 2 heteroatoms. The fourth-order valence-electron chi connectivity index (χ4n) is 1.30. The summed E-state index contributed by atoms with van der Waals surface area (Å²) < 4.78 is 13.1. The molecule has 0 amide bonds. The molecule has 0 saturated heterocycles. The van der Waals surface area contributed by atoms with Crippen LogP contribution in [0, 0.1) is 12.9 Å². The van der Waals surface area contributed by atoms with Crippen molar-refractivity contribution in [2.24, 2.45) is 0 Å². The SMILES string of the molecule is Cc1cnc(F)c2ccccc12. The summed E-state index contributed by atoms with van der Waals surface area (Å²) >= 11 is 0. The molecule has 12 heavy (non-hydrogen) atoms. The van der Waals surface area contributed by atoms with E-state index in [1.54, 1.807) is 12.3 Å². The number of benzene rings is 1. The molecule has 0 unspecified atom stereocenters. The normalized spacial score (nSPS) is 10.5. The Morgan fingerprint density at radius 2 is 1.83 bits per heavy atom. The zero-order valence-corrected chi connectivity index (χ0v) is 6.71. The first kappa shape index (κ1) is 7.22. The van der Waals surface area contributed by atoms with E-state index in [2.05, 4.69) is 4.98 Å². The van der Waals surface area contributed by atoms with E-state index in [9.17, 15) is 4.39 Å². The predicted molar refractivity (Wildman–Crippen MR) is 46.4 cm³/mol. The zero-order chi connectivity index (χ0) is 8.55. The van der Waals surface area contributed by atoms with Crippen LogP contribution in [0.5, 0.6) is 0 Å². The Kier molecular flexibility index (Phi) is 1.54. The van der Waals surface area contributed by atoms with Crippen LogP contribution in [0.4, 0.5) is 4.39 Å². The highest BCUT2D eigenvalue weighted by Crippen LogP contribution is 2.18. The molecule has 0 aliphatic heterocycles. The summed E-state index contributed by atoms with van der Waals surface area (Å²) in [4.78, 5) is 3.64. The highest BCUT2D eigenvalue weighted by molar-refractivity contribution is 5.84. The van der Waals surface area contributed by atoms with Crippen molar-refractivity contribution in [1.82, 2.24) is 4.98 Å². The summed E-state index contributed by atoms with van der Waals surface area (Å²) in [5, 5.41) is 1.53. The lowest BCUT2D eigenvalue weighted by molar-refractivity contribution is 0.596. The lowest BCUT2D eigenvalue weighted by Gasteiger charge is -2.00. The second-order valence-electron chi connectivity index (χ2n) is 2.78. The number of aromatic nitrogens is 1. The van der Waals surface area contributed by atoms with Crippen LogP contribution < -0.4 is 0 Å². The molecule has 0 saturated carbocycles. The highest BCUT2D eigenvalue weighted by atomic mass is 19.1. The number of nitrogens with zero attached hydrogens (tertiary/aromatic N) is 1. The maximum absolute atomic E-state index is 13.1. The third-order valence-corrected chi connectivity index (χ3v) is 1.95. The molecule has 0 fully saturated rings. The van der Waals surface area contributed by atoms with Gasteiger partial charge in [-0.15, -0.1) is 0 Å². The number of aryl methyl sites for hydroxylation is 1. The summed E-state index contributed by atoms with van der Waals surface area (Å²) in [6.07, 6.45) is 1.55. The topological polar surface area (TPSA) is 12.9 Å². The third-order valence-electron chi connectivity index (χ3n) is 1.95. The Balaban J connectivity index is 2.95. The Bertz CT molecular complexity index is 383. The molecule has 1 heterocycles. The van der Waals surface area contributed by atoms with Crippen molar-refractivity contribution in [3.63, 3.8) is 0 Å². The van der Waals surface area contributed by atoms with Gasteiger partial charge in [-0.3, -0.25) is 0 Å². The van der Waals surface area contributed by atoms with Crippen molar-refractivity contribution in [3.8, 4) is 0 Å². The average Bonchev–Trinajstić information content (AvgIpc) is 2.12. The van der Waals surface area contributed by atoms with Crippen molar-refractivity contribution in [2.45, 2.75) is 6.92 Å². The fraction of sp³-hybridized carbons (Fsp3) is 0.100. The summed E-state index contributed by atoms with van der Waals surface area (Å²) in [6.45, 7) is 1.93. The number of halogens is 1. The molecule has 1 aromatic heterocycles. The number of pyridine rings is 1. The predicted octanol–water partition coefficient (Wildman–Crippen LogP) is 2.68. The van der Waals surface area contributed by atoms with Gasteiger partial charge in [-0.2, -0.15) is 4.39 Å². The smallest absolute Gasteiger partial charge is 0.220 e. The van der Waals surface area contributed by atoms with Crippen LogP contribution in [0.1, 0.15) is 5.56 Å². The lowest BCUT2D eigenvalue weighted by Crippen LogP contribution is -1.87. The quantitative estimate of drug-likeness (QED) is 0.541. The molecule has 1 aromatic carbocycles. The second kappa shape index (κ2) is 2.55. The largest absolute Gasteiger partial charge is 0.227 e. The van der Waals surface area contributed by atoms with Gasteiger partial charge < -0.3 is 0 Å². The van der Waals surface area contributed by atoms with Crippen molar-refractivity contribution in [2.75, 3.05) is 0 Å². The van der Waals surface area contributed by atoms with Gasteiger partial charge in [0, 0.05) is 11.6 Å². The molecular weight excluding hydrogens is 153 g/mol. The minimum absolute atomic E-state index is 0.392. The summed E-state index contributed by atoms with van der Waals surface area (Å²) in [6, 6.07) is 7.35. The van der Waals surface area contributed by atoms with E-state index in [0.29, 0.717) is 5.39 Å². The van der Waals surface area contributed by atoms with Crippen molar-refractivity contribution in [1.29, 1.82) is 0 Å². The van der Waals surface area contributed by atoms with Crippen LogP contribution in [-0.4, -0.2) is 4.98 Å². The Hall–Kier alpha value is -1.44. The molecule has 0 radical (unpaired) electrons. The number of hydrogen-bond donors (Lipinski definition) is 0. The van der Waals surface area contributed by atoms with Crippen molar-refractivity contribution >= 4 is 10.8 Å². The maximum atomic E-state index is 13.1. The number of rotatable bonds is 0. The van der Waals surface area contributed by atoms with Gasteiger partial charge in [-0.25, -0.2) is 4.98 Å². The van der Waals surface area contributed by atoms with Gasteiger partial charge in [0.1, 0.15) is 0 Å². The van der Waals surface area contributed by atoms with Gasteiger partial charge in [0.2, 0.25) is 5.95 Å². The molecular formula is C10H8FN. The molecule has 2 aromatic rings. The highest BCUT2D eigenvalue weighted by Gasteiger charge is 2.01. The monoisotopic (exact) mass is 161 g/mol. The molecule has 0 aliphatic rings. The van der Waals surface area contributed by atoms with Gasteiger partial charge in [-0.05, 0) is 23.9 Å². The van der Waals surface area contributed by atoms with Gasteiger partial charge in [-0.1, -0.05) is 18.2 Å². The lowest BCUT2D eigenvalue weighted by atomic mass is 10.1. The van der Waals surface area contributed by atoms with Crippen LogP contribution in [0.2, 0.25) is 0 Å². The van der Waals surface area contributed by atoms with Gasteiger partial charge >= 0.3 is 0 Å². The third kappa shape index (κ3) is 0.961. The van der Waals surface area contributed by atoms with E-state index in [-0.39, 0.29) is 0 Å². The van der Waals surface area contributed by atoms with E-state index in [1.165, 1.54) is 0 Å². The molecule has 60 valence electrons. The summed E-state index contributed by atoms with van der Waals surface area (Å²) in [5.41, 5.74) is 1.01. The standard InChI is InChI=1S/C10H8FN/c1-7-6-12-10(11)9-5-3-2-4-8(7)9/h2-6H,1H3. The molecule has 0 aliphatic carbocycles. The molecule has 0 N–H and O–H groups in total.